The van der Waals surface area contributed by atoms with Crippen LogP contribution in [0.2, 0.25) is 0 Å². The average molecular weight is 300 g/mol. The molecule has 0 rings (SSSR count). The third-order valence-corrected chi connectivity index (χ3v) is 3.95. The minimum Gasteiger partial charge on any atom is -0.480 e. The van der Waals surface area contributed by atoms with E-state index in [0.29, 0.717) is 6.42 Å². The maximum Gasteiger partial charge on any atom is 0.326 e. The molecule has 124 valence electrons. The van der Waals surface area contributed by atoms with Crippen molar-refractivity contribution in [1.29, 1.82) is 0 Å². The Morgan fingerprint density at radius 1 is 1.14 bits per heavy atom. The van der Waals surface area contributed by atoms with E-state index in [1.54, 1.807) is 0 Å². The maximum atomic E-state index is 11.9. The van der Waals surface area contributed by atoms with Gasteiger partial charge in [0.05, 0.1) is 0 Å². The predicted octanol–water partition coefficient (Wildman–Crippen LogP) is 2.50. The Balaban J connectivity index is 4.10. The fourth-order valence-electron chi connectivity index (χ4n) is 2.20. The average Bonchev–Trinajstić information content (AvgIpc) is 2.47. The van der Waals surface area contributed by atoms with Crippen LogP contribution in [0.15, 0.2) is 0 Å². The molecular weight excluding hydrogens is 268 g/mol. The summed E-state index contributed by atoms with van der Waals surface area (Å²) in [7, 11) is 0. The summed E-state index contributed by atoms with van der Waals surface area (Å²) in [5.41, 5.74) is 0. The lowest BCUT2D eigenvalue weighted by Crippen LogP contribution is -2.45. The number of aliphatic carboxylic acids is 1. The number of hydrogen-bond acceptors (Lipinski definition) is 3. The molecule has 0 aromatic rings. The van der Waals surface area contributed by atoms with Crippen LogP contribution in [-0.4, -0.2) is 47.6 Å². The summed E-state index contributed by atoms with van der Waals surface area (Å²) >= 11 is 0. The number of carboxylic acid groups (broad SMARTS) is 1. The molecule has 0 saturated heterocycles. The highest BCUT2D eigenvalue weighted by atomic mass is 16.4. The largest absolute Gasteiger partial charge is 0.480 e. The number of carbonyl (C=O) groups is 2. The maximum absolute atomic E-state index is 11.9. The van der Waals surface area contributed by atoms with Gasteiger partial charge in [-0.1, -0.05) is 40.5 Å². The molecule has 2 unspecified atom stereocenters. The van der Waals surface area contributed by atoms with Gasteiger partial charge in [0.1, 0.15) is 6.04 Å². The van der Waals surface area contributed by atoms with E-state index in [1.165, 1.54) is 12.8 Å². The molecule has 2 atom stereocenters. The van der Waals surface area contributed by atoms with E-state index in [4.69, 9.17) is 5.11 Å². The summed E-state index contributed by atoms with van der Waals surface area (Å²) in [6.45, 7) is 11.0. The highest BCUT2D eigenvalue weighted by molar-refractivity contribution is 5.83. The van der Waals surface area contributed by atoms with Crippen molar-refractivity contribution < 1.29 is 14.7 Å². The van der Waals surface area contributed by atoms with Gasteiger partial charge >= 0.3 is 5.97 Å². The first-order chi connectivity index (χ1) is 9.96. The molecule has 0 spiro atoms. The first kappa shape index (κ1) is 19.9. The predicted molar refractivity (Wildman–Crippen MR) is 85.3 cm³/mol. The minimum atomic E-state index is -0.948. The lowest BCUT2D eigenvalue weighted by Gasteiger charge is -2.21. The molecule has 0 bridgehead atoms. The van der Waals surface area contributed by atoms with Gasteiger partial charge in [-0.25, -0.2) is 4.79 Å². The molecule has 21 heavy (non-hydrogen) atoms. The summed E-state index contributed by atoms with van der Waals surface area (Å²) in [4.78, 5) is 25.4. The highest BCUT2D eigenvalue weighted by Gasteiger charge is 2.24. The lowest BCUT2D eigenvalue weighted by molar-refractivity contribution is -0.143. The molecule has 0 radical (unpaired) electrons. The van der Waals surface area contributed by atoms with Crippen molar-refractivity contribution in [3.8, 4) is 0 Å². The van der Waals surface area contributed by atoms with Gasteiger partial charge in [0.15, 0.2) is 0 Å². The van der Waals surface area contributed by atoms with Crippen LogP contribution in [0.25, 0.3) is 0 Å². The number of amides is 1. The zero-order chi connectivity index (χ0) is 16.3. The second-order valence-corrected chi connectivity index (χ2v) is 5.66. The molecule has 0 aliphatic rings. The summed E-state index contributed by atoms with van der Waals surface area (Å²) in [6, 6.07) is -0.773. The third kappa shape index (κ3) is 8.71. The van der Waals surface area contributed by atoms with Gasteiger partial charge in [0.2, 0.25) is 5.91 Å². The van der Waals surface area contributed by atoms with E-state index >= 15 is 0 Å². The second kappa shape index (κ2) is 11.5. The molecule has 0 fully saturated rings. The van der Waals surface area contributed by atoms with Gasteiger partial charge in [-0.15, -0.1) is 0 Å². The number of carboxylic acids is 1. The Bertz CT molecular complexity index is 308. The molecule has 1 amide bonds. The quantitative estimate of drug-likeness (QED) is 0.581. The topological polar surface area (TPSA) is 69.6 Å². The van der Waals surface area contributed by atoms with E-state index in [1.807, 2.05) is 13.8 Å². The fourth-order valence-corrected chi connectivity index (χ4v) is 2.20. The summed E-state index contributed by atoms with van der Waals surface area (Å²) < 4.78 is 0. The van der Waals surface area contributed by atoms with Gasteiger partial charge < -0.3 is 15.3 Å². The summed E-state index contributed by atoms with van der Waals surface area (Å²) in [5.74, 6) is -1.16. The number of carbonyl (C=O) groups excluding carboxylic acids is 1. The van der Waals surface area contributed by atoms with Gasteiger partial charge in [0, 0.05) is 6.42 Å². The van der Waals surface area contributed by atoms with Crippen molar-refractivity contribution in [2.75, 3.05) is 19.6 Å². The molecule has 0 aliphatic heterocycles. The number of hydrogen-bond donors (Lipinski definition) is 2. The first-order valence-electron chi connectivity index (χ1n) is 8.20. The van der Waals surface area contributed by atoms with Gasteiger partial charge in [-0.05, 0) is 38.4 Å². The number of rotatable bonds is 12. The van der Waals surface area contributed by atoms with Crippen LogP contribution in [0.5, 0.6) is 0 Å². The standard InChI is InChI=1S/C16H32N2O3/c1-5-8-11-18(7-3)12-9-10-14(19)17-15(16(20)21)13(4)6-2/h13,15H,5-12H2,1-4H3,(H,17,19)(H,20,21). The Labute approximate surface area is 129 Å². The van der Waals surface area contributed by atoms with E-state index in [9.17, 15) is 9.59 Å². The number of nitrogens with one attached hydrogen (secondary N) is 1. The van der Waals surface area contributed by atoms with Crippen LogP contribution >= 0.6 is 0 Å². The molecule has 2 N–H and O–H groups in total. The molecular formula is C16H32N2O3. The fraction of sp³-hybridized carbons (Fsp3) is 0.875. The molecule has 0 aromatic carbocycles. The zero-order valence-corrected chi connectivity index (χ0v) is 14.0. The van der Waals surface area contributed by atoms with E-state index in [-0.39, 0.29) is 11.8 Å². The van der Waals surface area contributed by atoms with E-state index in [0.717, 1.165) is 32.5 Å². The smallest absolute Gasteiger partial charge is 0.326 e. The van der Waals surface area contributed by atoms with Crippen molar-refractivity contribution in [3.63, 3.8) is 0 Å². The lowest BCUT2D eigenvalue weighted by atomic mass is 9.99. The van der Waals surface area contributed by atoms with Gasteiger partial charge in [-0.2, -0.15) is 0 Å². The van der Waals surface area contributed by atoms with Crippen LogP contribution in [0.4, 0.5) is 0 Å². The summed E-state index contributed by atoms with van der Waals surface area (Å²) in [5, 5.41) is 11.8. The second-order valence-electron chi connectivity index (χ2n) is 5.66. The van der Waals surface area contributed by atoms with Crippen molar-refractivity contribution in [2.45, 2.75) is 65.8 Å². The molecule has 0 aliphatic carbocycles. The molecule has 5 nitrogen and oxygen atoms in total. The number of unbranched alkanes of at least 4 members (excludes halogenated alkanes) is 1. The molecule has 0 aromatic heterocycles. The Hall–Kier alpha value is -1.10. The van der Waals surface area contributed by atoms with Gasteiger partial charge in [-0.3, -0.25) is 4.79 Å². The zero-order valence-electron chi connectivity index (χ0n) is 14.0. The Kier molecular flexibility index (Phi) is 10.9. The van der Waals surface area contributed by atoms with E-state index < -0.39 is 12.0 Å². The van der Waals surface area contributed by atoms with E-state index in [2.05, 4.69) is 24.1 Å². The van der Waals surface area contributed by atoms with Crippen LogP contribution in [0, 0.1) is 5.92 Å². The normalized spacial score (nSPS) is 14.0. The van der Waals surface area contributed by atoms with Crippen molar-refractivity contribution in [1.82, 2.24) is 10.2 Å². The molecule has 0 saturated carbocycles. The Morgan fingerprint density at radius 2 is 1.76 bits per heavy atom. The van der Waals surface area contributed by atoms with Crippen molar-refractivity contribution in [2.24, 2.45) is 5.92 Å². The third-order valence-electron chi connectivity index (χ3n) is 3.95. The van der Waals surface area contributed by atoms with Crippen LogP contribution in [-0.2, 0) is 9.59 Å². The minimum absolute atomic E-state index is 0.0526. The van der Waals surface area contributed by atoms with Crippen LogP contribution in [0.3, 0.4) is 0 Å². The monoisotopic (exact) mass is 300 g/mol. The number of nitrogens with zero attached hydrogens (tertiary/aromatic N) is 1. The van der Waals surface area contributed by atoms with Crippen LogP contribution in [0.1, 0.15) is 59.8 Å². The van der Waals surface area contributed by atoms with Crippen LogP contribution < -0.4 is 5.32 Å². The Morgan fingerprint density at radius 3 is 2.24 bits per heavy atom. The first-order valence-corrected chi connectivity index (χ1v) is 8.20. The molecule has 0 heterocycles. The van der Waals surface area contributed by atoms with Crippen molar-refractivity contribution >= 4 is 11.9 Å². The summed E-state index contributed by atoms with van der Waals surface area (Å²) in [6.07, 6.45) is 4.25. The SMILES string of the molecule is CCCCN(CC)CCCC(=O)NC(C(=O)O)C(C)CC. The highest BCUT2D eigenvalue weighted by Crippen LogP contribution is 2.08. The van der Waals surface area contributed by atoms with Crippen molar-refractivity contribution in [3.05, 3.63) is 0 Å². The van der Waals surface area contributed by atoms with Gasteiger partial charge in [0.25, 0.3) is 0 Å². The molecule has 5 heteroatoms.